The van der Waals surface area contributed by atoms with E-state index in [9.17, 15) is 0 Å². The minimum Gasteiger partial charge on any atom is -0.151 e. The van der Waals surface area contributed by atoms with Gasteiger partial charge >= 0.3 is 0 Å². The highest BCUT2D eigenvalue weighted by atomic mass is 32.2. The molecule has 0 bridgehead atoms. The molecule has 1 saturated carbocycles. The van der Waals surface area contributed by atoms with Crippen LogP contribution < -0.4 is 0 Å². The van der Waals surface area contributed by atoms with Crippen LogP contribution in [-0.4, -0.2) is 10.5 Å². The first-order valence-corrected chi connectivity index (χ1v) is 5.88. The van der Waals surface area contributed by atoms with Crippen LogP contribution in [0.15, 0.2) is 24.3 Å². The molecule has 12 heavy (non-hydrogen) atoms. The zero-order valence-corrected chi connectivity index (χ0v) is 8.22. The van der Waals surface area contributed by atoms with E-state index in [-0.39, 0.29) is 0 Å². The molecule has 1 heteroatoms. The molecule has 0 saturated heterocycles. The van der Waals surface area contributed by atoms with Gasteiger partial charge in [-0.15, -0.1) is 0 Å². The summed E-state index contributed by atoms with van der Waals surface area (Å²) in [5, 5.41) is 1.74. The highest BCUT2D eigenvalue weighted by molar-refractivity contribution is 8.00. The van der Waals surface area contributed by atoms with E-state index in [0.717, 1.165) is 10.5 Å². The Balaban J connectivity index is 1.78. The van der Waals surface area contributed by atoms with Crippen LogP contribution in [-0.2, 0) is 0 Å². The molecule has 2 rings (SSSR count). The summed E-state index contributed by atoms with van der Waals surface area (Å²) < 4.78 is 0. The van der Waals surface area contributed by atoms with Gasteiger partial charge in [-0.3, -0.25) is 0 Å². The molecule has 66 valence electrons. The molecule has 0 spiro atoms. The molecule has 0 aliphatic heterocycles. The lowest BCUT2D eigenvalue weighted by atomic mass is 10.2. The second-order valence-electron chi connectivity index (χ2n) is 3.63. The summed E-state index contributed by atoms with van der Waals surface area (Å²) in [6, 6.07) is 0. The number of thioether (sulfide) groups is 1. The van der Waals surface area contributed by atoms with Gasteiger partial charge in [0, 0.05) is 10.5 Å². The van der Waals surface area contributed by atoms with Crippen LogP contribution in [0.4, 0.5) is 0 Å². The third-order valence-corrected chi connectivity index (χ3v) is 4.17. The third-order valence-electron chi connectivity index (χ3n) is 2.61. The molecule has 0 amide bonds. The summed E-state index contributed by atoms with van der Waals surface area (Å²) in [5.41, 5.74) is 0. The second kappa shape index (κ2) is 4.18. The number of allylic oxidation sites excluding steroid dienone is 3. The average Bonchev–Trinajstić information content (AvgIpc) is 2.59. The van der Waals surface area contributed by atoms with Gasteiger partial charge in [0.1, 0.15) is 0 Å². The van der Waals surface area contributed by atoms with Gasteiger partial charge in [-0.25, -0.2) is 0 Å². The minimum atomic E-state index is 0.776. The monoisotopic (exact) mass is 180 g/mol. The molecule has 0 aromatic heterocycles. The number of hydrogen-bond acceptors (Lipinski definition) is 1. The van der Waals surface area contributed by atoms with E-state index < -0.39 is 0 Å². The van der Waals surface area contributed by atoms with Crippen LogP contribution in [0.2, 0.25) is 0 Å². The molecular weight excluding hydrogens is 164 g/mol. The van der Waals surface area contributed by atoms with Crippen LogP contribution in [0.1, 0.15) is 32.1 Å². The largest absolute Gasteiger partial charge is 0.151 e. The first kappa shape index (κ1) is 8.43. The third kappa shape index (κ3) is 2.16. The van der Waals surface area contributed by atoms with Crippen molar-refractivity contribution in [3.8, 4) is 0 Å². The van der Waals surface area contributed by atoms with Crippen LogP contribution >= 0.6 is 11.8 Å². The maximum absolute atomic E-state index is 2.35. The average molecular weight is 180 g/mol. The quantitative estimate of drug-likeness (QED) is 0.626. The summed E-state index contributed by atoms with van der Waals surface area (Å²) in [4.78, 5) is 0. The van der Waals surface area contributed by atoms with Crippen molar-refractivity contribution in [2.24, 2.45) is 0 Å². The predicted molar refractivity (Wildman–Crippen MR) is 56.5 cm³/mol. The van der Waals surface area contributed by atoms with Crippen LogP contribution in [0, 0.1) is 0 Å². The fraction of sp³-hybridized carbons (Fsp3) is 0.636. The number of rotatable bonds is 2. The molecule has 1 fully saturated rings. The van der Waals surface area contributed by atoms with Crippen molar-refractivity contribution in [1.82, 2.24) is 0 Å². The molecule has 2 aliphatic rings. The van der Waals surface area contributed by atoms with Gasteiger partial charge in [0.25, 0.3) is 0 Å². The lowest BCUT2D eigenvalue weighted by Gasteiger charge is -2.16. The summed E-state index contributed by atoms with van der Waals surface area (Å²) in [5.74, 6) is 0. The van der Waals surface area contributed by atoms with Crippen molar-refractivity contribution in [3.05, 3.63) is 24.3 Å². The SMILES string of the molecule is C1=CCC(SC2CCCC2)C=C1. The van der Waals surface area contributed by atoms with E-state index in [4.69, 9.17) is 0 Å². The minimum absolute atomic E-state index is 0.776. The Morgan fingerprint density at radius 1 is 1.08 bits per heavy atom. The highest BCUT2D eigenvalue weighted by Crippen LogP contribution is 2.34. The van der Waals surface area contributed by atoms with Crippen molar-refractivity contribution in [3.63, 3.8) is 0 Å². The van der Waals surface area contributed by atoms with E-state index in [1.165, 1.54) is 32.1 Å². The normalized spacial score (nSPS) is 29.8. The highest BCUT2D eigenvalue weighted by Gasteiger charge is 2.18. The van der Waals surface area contributed by atoms with E-state index in [0.29, 0.717) is 0 Å². The Bertz CT molecular complexity index is 187. The molecule has 0 nitrogen and oxygen atoms in total. The molecule has 2 aliphatic carbocycles. The van der Waals surface area contributed by atoms with Gasteiger partial charge < -0.3 is 0 Å². The molecule has 0 radical (unpaired) electrons. The van der Waals surface area contributed by atoms with Gasteiger partial charge in [0.05, 0.1) is 0 Å². The van der Waals surface area contributed by atoms with E-state index in [2.05, 4.69) is 36.1 Å². The predicted octanol–water partition coefficient (Wildman–Crippen LogP) is 3.55. The Morgan fingerprint density at radius 3 is 2.58 bits per heavy atom. The summed E-state index contributed by atoms with van der Waals surface area (Å²) in [6.07, 6.45) is 16.1. The Morgan fingerprint density at radius 2 is 1.92 bits per heavy atom. The van der Waals surface area contributed by atoms with Crippen molar-refractivity contribution in [2.45, 2.75) is 42.6 Å². The lowest BCUT2D eigenvalue weighted by molar-refractivity contribution is 0.886. The van der Waals surface area contributed by atoms with Crippen LogP contribution in [0.5, 0.6) is 0 Å². The van der Waals surface area contributed by atoms with Crippen LogP contribution in [0.25, 0.3) is 0 Å². The Kier molecular flexibility index (Phi) is 2.93. The van der Waals surface area contributed by atoms with E-state index >= 15 is 0 Å². The zero-order valence-electron chi connectivity index (χ0n) is 7.41. The molecule has 0 aromatic carbocycles. The Labute approximate surface area is 79.1 Å². The Hall–Kier alpha value is -0.170. The fourth-order valence-electron chi connectivity index (χ4n) is 1.93. The first-order valence-electron chi connectivity index (χ1n) is 4.94. The van der Waals surface area contributed by atoms with Crippen molar-refractivity contribution in [2.75, 3.05) is 0 Å². The van der Waals surface area contributed by atoms with Gasteiger partial charge in [0.2, 0.25) is 0 Å². The molecular formula is C11H16S. The van der Waals surface area contributed by atoms with E-state index in [1.54, 1.807) is 0 Å². The second-order valence-corrected chi connectivity index (χ2v) is 5.17. The van der Waals surface area contributed by atoms with Crippen molar-refractivity contribution >= 4 is 11.8 Å². The van der Waals surface area contributed by atoms with Gasteiger partial charge in [-0.05, 0) is 19.3 Å². The summed E-state index contributed by atoms with van der Waals surface area (Å²) in [7, 11) is 0. The molecule has 1 atom stereocenters. The maximum Gasteiger partial charge on any atom is 0.0267 e. The molecule has 0 N–H and O–H groups in total. The fourth-order valence-corrected chi connectivity index (χ4v) is 3.43. The zero-order chi connectivity index (χ0) is 8.23. The topological polar surface area (TPSA) is 0 Å². The molecule has 0 heterocycles. The van der Waals surface area contributed by atoms with Crippen LogP contribution in [0.3, 0.4) is 0 Å². The summed E-state index contributed by atoms with van der Waals surface area (Å²) >= 11 is 2.19. The van der Waals surface area contributed by atoms with Crippen molar-refractivity contribution in [1.29, 1.82) is 0 Å². The standard InChI is InChI=1S/C11H16S/c1-2-6-10(7-3-1)12-11-8-4-5-9-11/h1-3,6,10-11H,4-5,7-9H2. The van der Waals surface area contributed by atoms with Gasteiger partial charge in [0.15, 0.2) is 0 Å². The van der Waals surface area contributed by atoms with E-state index in [1.807, 2.05) is 0 Å². The first-order chi connectivity index (χ1) is 5.95. The molecule has 0 aromatic rings. The van der Waals surface area contributed by atoms with Crippen molar-refractivity contribution < 1.29 is 0 Å². The lowest BCUT2D eigenvalue weighted by Crippen LogP contribution is -2.06. The molecule has 1 unspecified atom stereocenters. The van der Waals surface area contributed by atoms with Gasteiger partial charge in [-0.1, -0.05) is 37.1 Å². The maximum atomic E-state index is 2.35. The number of hydrogen-bond donors (Lipinski definition) is 0. The van der Waals surface area contributed by atoms with Gasteiger partial charge in [-0.2, -0.15) is 11.8 Å². The smallest absolute Gasteiger partial charge is 0.0267 e. The summed E-state index contributed by atoms with van der Waals surface area (Å²) in [6.45, 7) is 0.